The van der Waals surface area contributed by atoms with Gasteiger partial charge in [0.25, 0.3) is 0 Å². The van der Waals surface area contributed by atoms with Crippen LogP contribution in [-0.4, -0.2) is 20.8 Å². The van der Waals surface area contributed by atoms with Gasteiger partial charge in [0.1, 0.15) is 11.5 Å². The summed E-state index contributed by atoms with van der Waals surface area (Å²) < 4.78 is 10.5. The summed E-state index contributed by atoms with van der Waals surface area (Å²) in [5, 5.41) is 3.35. The maximum atomic E-state index is 5.31. The standard InChI is InChI=1S/C11H15NO2/c1-13-9-6-8-4-3-5-12-11(8)10(7-9)14-2/h6-7,12H,3-5H2,1-2H3. The third kappa shape index (κ3) is 1.50. The molecular formula is C11H15NO2. The summed E-state index contributed by atoms with van der Waals surface area (Å²) in [5.41, 5.74) is 2.41. The summed E-state index contributed by atoms with van der Waals surface area (Å²) in [5.74, 6) is 1.74. The van der Waals surface area contributed by atoms with Gasteiger partial charge in [0, 0.05) is 12.6 Å². The van der Waals surface area contributed by atoms with E-state index in [0.717, 1.165) is 30.2 Å². The summed E-state index contributed by atoms with van der Waals surface area (Å²) in [7, 11) is 3.36. The molecule has 3 heteroatoms. The van der Waals surface area contributed by atoms with Crippen LogP contribution in [0.5, 0.6) is 11.5 Å². The molecule has 0 radical (unpaired) electrons. The largest absolute Gasteiger partial charge is 0.497 e. The van der Waals surface area contributed by atoms with Crippen LogP contribution in [0.25, 0.3) is 0 Å². The van der Waals surface area contributed by atoms with E-state index < -0.39 is 0 Å². The molecule has 14 heavy (non-hydrogen) atoms. The summed E-state index contributed by atoms with van der Waals surface area (Å²) in [4.78, 5) is 0. The van der Waals surface area contributed by atoms with Crippen LogP contribution in [0, 0.1) is 0 Å². The average molecular weight is 193 g/mol. The molecule has 0 amide bonds. The molecule has 0 atom stereocenters. The second kappa shape index (κ2) is 3.78. The third-order valence-electron chi connectivity index (χ3n) is 2.54. The van der Waals surface area contributed by atoms with Crippen LogP contribution < -0.4 is 14.8 Å². The topological polar surface area (TPSA) is 30.5 Å². The molecule has 1 heterocycles. The lowest BCUT2D eigenvalue weighted by Gasteiger charge is -2.21. The molecular weight excluding hydrogens is 178 g/mol. The fraction of sp³-hybridized carbons (Fsp3) is 0.455. The number of methoxy groups -OCH3 is 2. The highest BCUT2D eigenvalue weighted by Crippen LogP contribution is 2.35. The Labute approximate surface area is 84.0 Å². The minimum absolute atomic E-state index is 0.865. The highest BCUT2D eigenvalue weighted by Gasteiger charge is 2.14. The van der Waals surface area contributed by atoms with E-state index in [9.17, 15) is 0 Å². The Kier molecular flexibility index (Phi) is 2.48. The van der Waals surface area contributed by atoms with Gasteiger partial charge in [-0.15, -0.1) is 0 Å². The van der Waals surface area contributed by atoms with Crippen molar-refractivity contribution in [1.29, 1.82) is 0 Å². The Morgan fingerprint density at radius 3 is 2.79 bits per heavy atom. The number of fused-ring (bicyclic) bond motifs is 1. The molecule has 2 rings (SSSR count). The maximum absolute atomic E-state index is 5.31. The molecule has 0 saturated heterocycles. The number of hydrogen-bond acceptors (Lipinski definition) is 3. The van der Waals surface area contributed by atoms with Crippen molar-refractivity contribution in [2.45, 2.75) is 12.8 Å². The first-order chi connectivity index (χ1) is 6.85. The quantitative estimate of drug-likeness (QED) is 0.779. The second-order valence-corrected chi connectivity index (χ2v) is 3.39. The van der Waals surface area contributed by atoms with Crippen molar-refractivity contribution >= 4 is 5.69 Å². The lowest BCUT2D eigenvalue weighted by Crippen LogP contribution is -2.12. The minimum atomic E-state index is 0.865. The summed E-state index contributed by atoms with van der Waals surface area (Å²) in [6.07, 6.45) is 2.26. The molecule has 0 bridgehead atoms. The molecule has 0 aliphatic carbocycles. The van der Waals surface area contributed by atoms with Crippen molar-refractivity contribution in [1.82, 2.24) is 0 Å². The van der Waals surface area contributed by atoms with Crippen LogP contribution in [0.1, 0.15) is 12.0 Å². The zero-order valence-corrected chi connectivity index (χ0v) is 8.59. The van der Waals surface area contributed by atoms with E-state index in [2.05, 4.69) is 11.4 Å². The normalized spacial score (nSPS) is 14.1. The van der Waals surface area contributed by atoms with E-state index in [1.165, 1.54) is 12.0 Å². The maximum Gasteiger partial charge on any atom is 0.145 e. The van der Waals surface area contributed by atoms with E-state index in [4.69, 9.17) is 9.47 Å². The number of aryl methyl sites for hydroxylation is 1. The van der Waals surface area contributed by atoms with E-state index >= 15 is 0 Å². The monoisotopic (exact) mass is 193 g/mol. The van der Waals surface area contributed by atoms with Crippen molar-refractivity contribution in [3.8, 4) is 11.5 Å². The van der Waals surface area contributed by atoms with Gasteiger partial charge in [0.2, 0.25) is 0 Å². The van der Waals surface area contributed by atoms with Gasteiger partial charge in [-0.05, 0) is 24.5 Å². The minimum Gasteiger partial charge on any atom is -0.497 e. The smallest absolute Gasteiger partial charge is 0.145 e. The predicted octanol–water partition coefficient (Wildman–Crippen LogP) is 2.06. The van der Waals surface area contributed by atoms with Crippen LogP contribution in [0.4, 0.5) is 5.69 Å². The van der Waals surface area contributed by atoms with Gasteiger partial charge < -0.3 is 14.8 Å². The molecule has 1 aromatic rings. The summed E-state index contributed by atoms with van der Waals surface area (Å²) >= 11 is 0. The molecule has 0 saturated carbocycles. The van der Waals surface area contributed by atoms with Gasteiger partial charge >= 0.3 is 0 Å². The van der Waals surface area contributed by atoms with Crippen molar-refractivity contribution in [3.05, 3.63) is 17.7 Å². The Morgan fingerprint density at radius 1 is 1.21 bits per heavy atom. The van der Waals surface area contributed by atoms with Crippen LogP contribution in [0.15, 0.2) is 12.1 Å². The average Bonchev–Trinajstić information content (AvgIpc) is 2.27. The first-order valence-corrected chi connectivity index (χ1v) is 4.84. The fourth-order valence-corrected chi connectivity index (χ4v) is 1.81. The highest BCUT2D eigenvalue weighted by molar-refractivity contribution is 5.66. The molecule has 76 valence electrons. The van der Waals surface area contributed by atoms with Gasteiger partial charge in [-0.3, -0.25) is 0 Å². The van der Waals surface area contributed by atoms with Gasteiger partial charge in [0.15, 0.2) is 0 Å². The molecule has 0 spiro atoms. The molecule has 1 aliphatic heterocycles. The van der Waals surface area contributed by atoms with Gasteiger partial charge in [-0.25, -0.2) is 0 Å². The number of hydrogen-bond donors (Lipinski definition) is 1. The van der Waals surface area contributed by atoms with E-state index in [0.29, 0.717) is 0 Å². The zero-order valence-electron chi connectivity index (χ0n) is 8.59. The van der Waals surface area contributed by atoms with Crippen molar-refractivity contribution in [2.24, 2.45) is 0 Å². The second-order valence-electron chi connectivity index (χ2n) is 3.39. The number of nitrogens with one attached hydrogen (secondary N) is 1. The molecule has 3 nitrogen and oxygen atoms in total. The molecule has 0 unspecified atom stereocenters. The van der Waals surface area contributed by atoms with E-state index in [1.54, 1.807) is 14.2 Å². The van der Waals surface area contributed by atoms with Crippen molar-refractivity contribution in [2.75, 3.05) is 26.1 Å². The fourth-order valence-electron chi connectivity index (χ4n) is 1.81. The van der Waals surface area contributed by atoms with Crippen LogP contribution in [0.3, 0.4) is 0 Å². The highest BCUT2D eigenvalue weighted by atomic mass is 16.5. The number of anilines is 1. The van der Waals surface area contributed by atoms with Crippen LogP contribution >= 0.6 is 0 Å². The van der Waals surface area contributed by atoms with Crippen molar-refractivity contribution in [3.63, 3.8) is 0 Å². The summed E-state index contributed by atoms with van der Waals surface area (Å²) in [6.45, 7) is 1.02. The van der Waals surface area contributed by atoms with Gasteiger partial charge in [-0.1, -0.05) is 0 Å². The number of ether oxygens (including phenoxy) is 2. The predicted molar refractivity (Wildman–Crippen MR) is 56.4 cm³/mol. The van der Waals surface area contributed by atoms with Crippen LogP contribution in [0.2, 0.25) is 0 Å². The molecule has 0 fully saturated rings. The molecule has 1 aromatic carbocycles. The first-order valence-electron chi connectivity index (χ1n) is 4.84. The van der Waals surface area contributed by atoms with Crippen molar-refractivity contribution < 1.29 is 9.47 Å². The summed E-state index contributed by atoms with van der Waals surface area (Å²) in [6, 6.07) is 3.99. The first kappa shape index (κ1) is 9.19. The van der Waals surface area contributed by atoms with Gasteiger partial charge in [0.05, 0.1) is 19.9 Å². The zero-order chi connectivity index (χ0) is 9.97. The Hall–Kier alpha value is -1.38. The van der Waals surface area contributed by atoms with Gasteiger partial charge in [-0.2, -0.15) is 0 Å². The molecule has 1 N–H and O–H groups in total. The Balaban J connectivity index is 2.47. The number of benzene rings is 1. The van der Waals surface area contributed by atoms with E-state index in [-0.39, 0.29) is 0 Å². The third-order valence-corrected chi connectivity index (χ3v) is 2.54. The van der Waals surface area contributed by atoms with Crippen LogP contribution in [-0.2, 0) is 6.42 Å². The number of rotatable bonds is 2. The SMILES string of the molecule is COc1cc2c(c(OC)c1)NCCC2. The van der Waals surface area contributed by atoms with E-state index in [1.807, 2.05) is 6.07 Å². The lowest BCUT2D eigenvalue weighted by atomic mass is 10.0. The molecule has 0 aromatic heterocycles. The molecule has 1 aliphatic rings. The lowest BCUT2D eigenvalue weighted by molar-refractivity contribution is 0.394. The Bertz CT molecular complexity index is 319. The Morgan fingerprint density at radius 2 is 2.07 bits per heavy atom.